The van der Waals surface area contributed by atoms with Crippen molar-refractivity contribution in [1.29, 1.82) is 0 Å². The van der Waals surface area contributed by atoms with E-state index in [9.17, 15) is 0 Å². The van der Waals surface area contributed by atoms with E-state index in [-0.39, 0.29) is 0 Å². The fraction of sp³-hybridized carbons (Fsp3) is 0.625. The molecular formula is C16H28N2+2. The summed E-state index contributed by atoms with van der Waals surface area (Å²) >= 11 is 0. The quantitative estimate of drug-likeness (QED) is 0.741. The smallest absolute Gasteiger partial charge is 0.0981 e. The number of piperidine rings is 1. The summed E-state index contributed by atoms with van der Waals surface area (Å²) in [5.74, 6) is 0.665. The van der Waals surface area contributed by atoms with Gasteiger partial charge in [0, 0.05) is 18.8 Å². The molecule has 1 aromatic rings. The largest absolute Gasteiger partial charge is 0.337 e. The minimum atomic E-state index is 0.665. The molecule has 0 aromatic heterocycles. The fourth-order valence-corrected chi connectivity index (χ4v) is 3.15. The third-order valence-corrected chi connectivity index (χ3v) is 4.53. The Morgan fingerprint density at radius 3 is 2.44 bits per heavy atom. The Labute approximate surface area is 112 Å². The Balaban J connectivity index is 1.85. The molecule has 18 heavy (non-hydrogen) atoms. The van der Waals surface area contributed by atoms with E-state index < -0.39 is 0 Å². The summed E-state index contributed by atoms with van der Waals surface area (Å²) in [6, 6.07) is 11.8. The standard InChI is InChI=1S/C16H26N2/c1-14(15-7-5-4-6-8-15)13-18(3)16-9-11-17(2)12-10-16/h4-8,14,16H,9-13H2,1-3H3/p+2/t14-/m1/s1. The molecule has 1 fully saturated rings. The highest BCUT2D eigenvalue weighted by Crippen LogP contribution is 2.12. The van der Waals surface area contributed by atoms with E-state index in [1.54, 1.807) is 9.80 Å². The van der Waals surface area contributed by atoms with Crippen LogP contribution in [0.4, 0.5) is 0 Å². The molecule has 1 aromatic carbocycles. The average molecular weight is 248 g/mol. The molecule has 2 nitrogen and oxygen atoms in total. The van der Waals surface area contributed by atoms with E-state index in [2.05, 4.69) is 51.4 Å². The van der Waals surface area contributed by atoms with Crippen LogP contribution < -0.4 is 9.80 Å². The maximum absolute atomic E-state index is 2.38. The molecule has 1 aliphatic rings. The number of hydrogen-bond acceptors (Lipinski definition) is 0. The van der Waals surface area contributed by atoms with Gasteiger partial charge in [0.05, 0.1) is 39.8 Å². The van der Waals surface area contributed by atoms with Crippen molar-refractivity contribution < 1.29 is 9.80 Å². The van der Waals surface area contributed by atoms with Crippen molar-refractivity contribution >= 4 is 0 Å². The van der Waals surface area contributed by atoms with Crippen molar-refractivity contribution in [2.24, 2.45) is 0 Å². The highest BCUT2D eigenvalue weighted by atomic mass is 15.2. The third-order valence-electron chi connectivity index (χ3n) is 4.53. The number of benzene rings is 1. The molecule has 100 valence electrons. The summed E-state index contributed by atoms with van der Waals surface area (Å²) in [6.45, 7) is 6.32. The maximum Gasteiger partial charge on any atom is 0.0981 e. The van der Waals surface area contributed by atoms with E-state index in [4.69, 9.17) is 0 Å². The van der Waals surface area contributed by atoms with Crippen LogP contribution in [0.15, 0.2) is 30.3 Å². The number of likely N-dealkylation sites (N-methyl/N-ethyl adjacent to an activating group) is 1. The lowest BCUT2D eigenvalue weighted by Gasteiger charge is -2.32. The second-order valence-corrected chi connectivity index (χ2v) is 6.09. The summed E-state index contributed by atoms with van der Waals surface area (Å²) in [4.78, 5) is 3.43. The highest BCUT2D eigenvalue weighted by Gasteiger charge is 2.27. The van der Waals surface area contributed by atoms with Gasteiger partial charge in [0.25, 0.3) is 0 Å². The van der Waals surface area contributed by atoms with Gasteiger partial charge >= 0.3 is 0 Å². The Kier molecular flexibility index (Phi) is 4.79. The topological polar surface area (TPSA) is 8.88 Å². The lowest BCUT2D eigenvalue weighted by Crippen LogP contribution is -3.18. The van der Waals surface area contributed by atoms with Crippen molar-refractivity contribution in [2.75, 3.05) is 33.7 Å². The number of hydrogen-bond donors (Lipinski definition) is 2. The first-order chi connectivity index (χ1) is 8.66. The van der Waals surface area contributed by atoms with Gasteiger partial charge in [-0.3, -0.25) is 0 Å². The molecule has 2 heteroatoms. The number of rotatable bonds is 4. The molecule has 0 amide bonds. The van der Waals surface area contributed by atoms with Crippen molar-refractivity contribution in [3.05, 3.63) is 35.9 Å². The van der Waals surface area contributed by atoms with Crippen LogP contribution in [-0.2, 0) is 0 Å². The van der Waals surface area contributed by atoms with Gasteiger partial charge in [-0.2, -0.15) is 0 Å². The third kappa shape index (κ3) is 3.56. The van der Waals surface area contributed by atoms with Crippen molar-refractivity contribution in [3.63, 3.8) is 0 Å². The molecule has 0 radical (unpaired) electrons. The lowest BCUT2D eigenvalue weighted by molar-refractivity contribution is -0.940. The van der Waals surface area contributed by atoms with E-state index >= 15 is 0 Å². The van der Waals surface area contributed by atoms with Gasteiger partial charge in [-0.1, -0.05) is 37.3 Å². The van der Waals surface area contributed by atoms with Gasteiger partial charge in [-0.15, -0.1) is 0 Å². The van der Waals surface area contributed by atoms with Crippen molar-refractivity contribution in [1.82, 2.24) is 0 Å². The zero-order chi connectivity index (χ0) is 13.0. The van der Waals surface area contributed by atoms with Gasteiger partial charge in [0.1, 0.15) is 0 Å². The van der Waals surface area contributed by atoms with Crippen LogP contribution in [0.1, 0.15) is 31.2 Å². The van der Waals surface area contributed by atoms with Gasteiger partial charge in [0.2, 0.25) is 0 Å². The Bertz CT molecular complexity index is 341. The summed E-state index contributed by atoms with van der Waals surface area (Å²) in [5.41, 5.74) is 1.48. The summed E-state index contributed by atoms with van der Waals surface area (Å²) < 4.78 is 0. The molecular weight excluding hydrogens is 220 g/mol. The molecule has 2 N–H and O–H groups in total. The van der Waals surface area contributed by atoms with Crippen molar-refractivity contribution in [2.45, 2.75) is 31.7 Å². The average Bonchev–Trinajstić information content (AvgIpc) is 2.40. The molecule has 0 aliphatic carbocycles. The zero-order valence-corrected chi connectivity index (χ0v) is 12.1. The van der Waals surface area contributed by atoms with Crippen LogP contribution >= 0.6 is 0 Å². The van der Waals surface area contributed by atoms with E-state index in [0.29, 0.717) is 5.92 Å². The van der Waals surface area contributed by atoms with Gasteiger partial charge in [0.15, 0.2) is 0 Å². The van der Waals surface area contributed by atoms with E-state index in [0.717, 1.165) is 6.04 Å². The second-order valence-electron chi connectivity index (χ2n) is 6.09. The van der Waals surface area contributed by atoms with Crippen molar-refractivity contribution in [3.8, 4) is 0 Å². The van der Waals surface area contributed by atoms with E-state index in [1.807, 2.05) is 0 Å². The Morgan fingerprint density at radius 1 is 1.22 bits per heavy atom. The predicted octanol–water partition coefficient (Wildman–Crippen LogP) is -0.0181. The molecule has 0 saturated carbocycles. The summed E-state index contributed by atoms with van der Waals surface area (Å²) in [5, 5.41) is 0. The lowest BCUT2D eigenvalue weighted by atomic mass is 9.98. The maximum atomic E-state index is 2.38. The van der Waals surface area contributed by atoms with Crippen LogP contribution in [0.2, 0.25) is 0 Å². The zero-order valence-electron chi connectivity index (χ0n) is 12.1. The number of likely N-dealkylation sites (tertiary alicyclic amines) is 1. The Hall–Kier alpha value is -0.860. The first kappa shape index (κ1) is 13.6. The first-order valence-corrected chi connectivity index (χ1v) is 7.35. The summed E-state index contributed by atoms with van der Waals surface area (Å²) in [6.07, 6.45) is 2.78. The van der Waals surface area contributed by atoms with Gasteiger partial charge in [-0.25, -0.2) is 0 Å². The SMILES string of the molecule is C[C@H](C[NH+](C)C1CC[NH+](C)CC1)c1ccccc1. The predicted molar refractivity (Wildman–Crippen MR) is 76.3 cm³/mol. The Morgan fingerprint density at radius 2 is 1.83 bits per heavy atom. The van der Waals surface area contributed by atoms with Crippen LogP contribution in [0.3, 0.4) is 0 Å². The molecule has 1 saturated heterocycles. The highest BCUT2D eigenvalue weighted by molar-refractivity contribution is 5.18. The van der Waals surface area contributed by atoms with Gasteiger partial charge < -0.3 is 9.80 Å². The molecule has 2 atom stereocenters. The molecule has 0 spiro atoms. The van der Waals surface area contributed by atoms with Crippen LogP contribution in [-0.4, -0.2) is 39.8 Å². The fourth-order valence-electron chi connectivity index (χ4n) is 3.15. The molecule has 0 bridgehead atoms. The van der Waals surface area contributed by atoms with Crippen LogP contribution in [0.5, 0.6) is 0 Å². The monoisotopic (exact) mass is 248 g/mol. The second kappa shape index (κ2) is 6.35. The number of nitrogens with one attached hydrogen (secondary N) is 2. The van der Waals surface area contributed by atoms with Crippen LogP contribution in [0.25, 0.3) is 0 Å². The molecule has 1 unspecified atom stereocenters. The van der Waals surface area contributed by atoms with E-state index in [1.165, 1.54) is 38.0 Å². The van der Waals surface area contributed by atoms with Gasteiger partial charge in [-0.05, 0) is 5.56 Å². The number of quaternary nitrogens is 2. The minimum Gasteiger partial charge on any atom is -0.337 e. The minimum absolute atomic E-state index is 0.665. The molecule has 1 aliphatic heterocycles. The normalized spacial score (nSPS) is 27.7. The summed E-state index contributed by atoms with van der Waals surface area (Å²) in [7, 11) is 4.70. The van der Waals surface area contributed by atoms with Crippen LogP contribution in [0, 0.1) is 0 Å². The first-order valence-electron chi connectivity index (χ1n) is 7.35. The molecule has 1 heterocycles. The molecule has 2 rings (SSSR count).